The van der Waals surface area contributed by atoms with E-state index in [-0.39, 0.29) is 0 Å². The molecule has 3 rings (SSSR count). The van der Waals surface area contributed by atoms with Gasteiger partial charge in [0.25, 0.3) is 0 Å². The molecule has 0 saturated heterocycles. The number of aromatic nitrogens is 1. The summed E-state index contributed by atoms with van der Waals surface area (Å²) in [7, 11) is 1.93. The third-order valence-electron chi connectivity index (χ3n) is 3.36. The number of aryl methyl sites for hydroxylation is 1. The molecule has 1 N–H and O–H groups in total. The molecule has 0 saturated carbocycles. The van der Waals surface area contributed by atoms with E-state index < -0.39 is 0 Å². The monoisotopic (exact) mass is 278 g/mol. The number of para-hydroxylation sites is 1. The van der Waals surface area contributed by atoms with Gasteiger partial charge >= 0.3 is 0 Å². The second-order valence-corrected chi connectivity index (χ2v) is 5.08. The minimum absolute atomic E-state index is 0.662. The Kier molecular flexibility index (Phi) is 3.84. The molecular formula is C18H18N2O. The topological polar surface area (TPSA) is 34.1 Å². The van der Waals surface area contributed by atoms with Crippen molar-refractivity contribution in [2.45, 2.75) is 13.5 Å². The summed E-state index contributed by atoms with van der Waals surface area (Å²) in [5.74, 6) is 1.48. The summed E-state index contributed by atoms with van der Waals surface area (Å²) in [6.07, 6.45) is 0. The highest BCUT2D eigenvalue weighted by atomic mass is 16.5. The maximum Gasteiger partial charge on any atom is 0.222 e. The van der Waals surface area contributed by atoms with Gasteiger partial charge in [0.2, 0.25) is 5.88 Å². The lowest BCUT2D eigenvalue weighted by molar-refractivity contribution is 0.460. The molecule has 0 bridgehead atoms. The summed E-state index contributed by atoms with van der Waals surface area (Å²) in [4.78, 5) is 4.61. The molecule has 106 valence electrons. The molecule has 1 heterocycles. The summed E-state index contributed by atoms with van der Waals surface area (Å²) < 4.78 is 5.97. The summed E-state index contributed by atoms with van der Waals surface area (Å²) in [6.45, 7) is 2.84. The van der Waals surface area contributed by atoms with E-state index in [1.165, 1.54) is 5.56 Å². The van der Waals surface area contributed by atoms with E-state index in [0.717, 1.165) is 28.8 Å². The van der Waals surface area contributed by atoms with Crippen molar-refractivity contribution >= 4 is 10.9 Å². The van der Waals surface area contributed by atoms with Crippen molar-refractivity contribution in [1.29, 1.82) is 0 Å². The number of pyridine rings is 1. The molecule has 2 aromatic carbocycles. The van der Waals surface area contributed by atoms with Crippen molar-refractivity contribution in [3.63, 3.8) is 0 Å². The SMILES string of the molecule is CNCc1cccc(Oc2nc3ccccc3cc2C)c1. The first kappa shape index (κ1) is 13.6. The van der Waals surface area contributed by atoms with Crippen LogP contribution in [0.5, 0.6) is 11.6 Å². The molecule has 0 unspecified atom stereocenters. The number of fused-ring (bicyclic) bond motifs is 1. The standard InChI is InChI=1S/C18H18N2O/c1-13-10-15-7-3-4-9-17(15)20-18(13)21-16-8-5-6-14(11-16)12-19-2/h3-11,19H,12H2,1-2H3. The Bertz CT molecular complexity index is 768. The zero-order valence-corrected chi connectivity index (χ0v) is 12.3. The lowest BCUT2D eigenvalue weighted by atomic mass is 10.1. The van der Waals surface area contributed by atoms with Gasteiger partial charge in [0.1, 0.15) is 5.75 Å². The minimum atomic E-state index is 0.662. The quantitative estimate of drug-likeness (QED) is 0.781. The van der Waals surface area contributed by atoms with Gasteiger partial charge in [-0.1, -0.05) is 30.3 Å². The number of hydrogen-bond donors (Lipinski definition) is 1. The van der Waals surface area contributed by atoms with Gasteiger partial charge in [-0.15, -0.1) is 0 Å². The van der Waals surface area contributed by atoms with Gasteiger partial charge in [-0.2, -0.15) is 0 Å². The van der Waals surface area contributed by atoms with Crippen LogP contribution in [0.15, 0.2) is 54.6 Å². The highest BCUT2D eigenvalue weighted by Crippen LogP contribution is 2.26. The number of hydrogen-bond acceptors (Lipinski definition) is 3. The van der Waals surface area contributed by atoms with Crippen LogP contribution in [0, 0.1) is 6.92 Å². The molecule has 0 radical (unpaired) electrons. The average molecular weight is 278 g/mol. The molecule has 3 aromatic rings. The van der Waals surface area contributed by atoms with E-state index in [0.29, 0.717) is 5.88 Å². The molecule has 3 heteroatoms. The third-order valence-corrected chi connectivity index (χ3v) is 3.36. The average Bonchev–Trinajstić information content (AvgIpc) is 2.49. The lowest BCUT2D eigenvalue weighted by Gasteiger charge is -2.10. The number of rotatable bonds is 4. The van der Waals surface area contributed by atoms with E-state index in [1.54, 1.807) is 0 Å². The van der Waals surface area contributed by atoms with Crippen molar-refractivity contribution in [3.8, 4) is 11.6 Å². The van der Waals surface area contributed by atoms with E-state index in [2.05, 4.69) is 28.5 Å². The molecular weight excluding hydrogens is 260 g/mol. The lowest BCUT2D eigenvalue weighted by Crippen LogP contribution is -2.04. The van der Waals surface area contributed by atoms with Crippen LogP contribution in [0.4, 0.5) is 0 Å². The number of nitrogens with one attached hydrogen (secondary N) is 1. The molecule has 0 aliphatic carbocycles. The van der Waals surface area contributed by atoms with Gasteiger partial charge in [-0.05, 0) is 43.8 Å². The van der Waals surface area contributed by atoms with Crippen LogP contribution in [0.2, 0.25) is 0 Å². The van der Waals surface area contributed by atoms with Crippen molar-refractivity contribution in [3.05, 3.63) is 65.7 Å². The predicted octanol–water partition coefficient (Wildman–Crippen LogP) is 4.05. The van der Waals surface area contributed by atoms with Crippen molar-refractivity contribution in [1.82, 2.24) is 10.3 Å². The Morgan fingerprint density at radius 1 is 1.05 bits per heavy atom. The van der Waals surface area contributed by atoms with Crippen LogP contribution in [-0.2, 0) is 6.54 Å². The Morgan fingerprint density at radius 3 is 2.76 bits per heavy atom. The molecule has 0 atom stereocenters. The Balaban J connectivity index is 1.94. The second-order valence-electron chi connectivity index (χ2n) is 5.08. The molecule has 1 aromatic heterocycles. The Labute approximate surface area is 124 Å². The largest absolute Gasteiger partial charge is 0.439 e. The number of benzene rings is 2. The van der Waals surface area contributed by atoms with Crippen LogP contribution in [0.25, 0.3) is 10.9 Å². The van der Waals surface area contributed by atoms with E-state index in [1.807, 2.05) is 50.4 Å². The molecule has 0 spiro atoms. The first-order valence-corrected chi connectivity index (χ1v) is 7.04. The summed E-state index contributed by atoms with van der Waals surface area (Å²) in [5, 5.41) is 4.27. The van der Waals surface area contributed by atoms with Crippen LogP contribution in [0.3, 0.4) is 0 Å². The van der Waals surface area contributed by atoms with Crippen molar-refractivity contribution < 1.29 is 4.74 Å². The molecule has 0 aliphatic rings. The fraction of sp³-hybridized carbons (Fsp3) is 0.167. The zero-order valence-electron chi connectivity index (χ0n) is 12.3. The molecule has 0 aliphatic heterocycles. The first-order valence-electron chi connectivity index (χ1n) is 7.04. The van der Waals surface area contributed by atoms with Crippen LogP contribution >= 0.6 is 0 Å². The molecule has 3 nitrogen and oxygen atoms in total. The molecule has 0 fully saturated rings. The smallest absolute Gasteiger partial charge is 0.222 e. The minimum Gasteiger partial charge on any atom is -0.439 e. The summed E-state index contributed by atoms with van der Waals surface area (Å²) in [6, 6.07) is 18.2. The second kappa shape index (κ2) is 5.94. The van der Waals surface area contributed by atoms with Gasteiger partial charge in [-0.3, -0.25) is 0 Å². The van der Waals surface area contributed by atoms with Gasteiger partial charge in [-0.25, -0.2) is 4.98 Å². The summed E-state index contributed by atoms with van der Waals surface area (Å²) >= 11 is 0. The highest BCUT2D eigenvalue weighted by Gasteiger charge is 2.06. The van der Waals surface area contributed by atoms with E-state index in [4.69, 9.17) is 4.74 Å². The maximum absolute atomic E-state index is 5.97. The fourth-order valence-corrected chi connectivity index (χ4v) is 2.34. The van der Waals surface area contributed by atoms with Crippen molar-refractivity contribution in [2.75, 3.05) is 7.05 Å². The summed E-state index contributed by atoms with van der Waals surface area (Å²) in [5.41, 5.74) is 3.17. The predicted molar refractivity (Wildman–Crippen MR) is 85.8 cm³/mol. The number of nitrogens with zero attached hydrogens (tertiary/aromatic N) is 1. The van der Waals surface area contributed by atoms with Gasteiger partial charge < -0.3 is 10.1 Å². The van der Waals surface area contributed by atoms with E-state index >= 15 is 0 Å². The van der Waals surface area contributed by atoms with Crippen LogP contribution in [-0.4, -0.2) is 12.0 Å². The number of ether oxygens (including phenoxy) is 1. The van der Waals surface area contributed by atoms with Gasteiger partial charge in [0, 0.05) is 17.5 Å². The van der Waals surface area contributed by atoms with Gasteiger partial charge in [0.05, 0.1) is 5.52 Å². The third kappa shape index (κ3) is 3.03. The normalized spacial score (nSPS) is 10.8. The van der Waals surface area contributed by atoms with Crippen LogP contribution in [0.1, 0.15) is 11.1 Å². The zero-order chi connectivity index (χ0) is 14.7. The van der Waals surface area contributed by atoms with Crippen molar-refractivity contribution in [2.24, 2.45) is 0 Å². The van der Waals surface area contributed by atoms with Crippen LogP contribution < -0.4 is 10.1 Å². The van der Waals surface area contributed by atoms with E-state index in [9.17, 15) is 0 Å². The highest BCUT2D eigenvalue weighted by molar-refractivity contribution is 5.80. The molecule has 21 heavy (non-hydrogen) atoms. The maximum atomic E-state index is 5.97. The Hall–Kier alpha value is -2.39. The fourth-order valence-electron chi connectivity index (χ4n) is 2.34. The molecule has 0 amide bonds. The Morgan fingerprint density at radius 2 is 1.90 bits per heavy atom. The van der Waals surface area contributed by atoms with Gasteiger partial charge in [0.15, 0.2) is 0 Å². The first-order chi connectivity index (χ1) is 10.3.